The number of rotatable bonds is 3. The lowest BCUT2D eigenvalue weighted by atomic mass is 10.2. The van der Waals surface area contributed by atoms with Crippen LogP contribution >= 0.6 is 0 Å². The number of nitrogens with one attached hydrogen (secondary N) is 1. The number of ether oxygens (including phenoxy) is 1. The minimum Gasteiger partial charge on any atom is -0.478 e. The molecule has 0 saturated heterocycles. The molecular weight excluding hydrogens is 281 g/mol. The molecule has 20 heavy (non-hydrogen) atoms. The van der Waals surface area contributed by atoms with E-state index in [-0.39, 0.29) is 12.2 Å². The molecule has 2 heterocycles. The van der Waals surface area contributed by atoms with Gasteiger partial charge in [0, 0.05) is 12.2 Å². The zero-order valence-electron chi connectivity index (χ0n) is 10.2. The maximum atomic E-state index is 12.1. The molecule has 1 aromatic rings. The van der Waals surface area contributed by atoms with Gasteiger partial charge >= 0.3 is 18.1 Å². The van der Waals surface area contributed by atoms with E-state index in [1.165, 1.54) is 6.07 Å². The standard InChI is InChI=1S/C11H11F3N2O4/c12-11(13,14)10(19)15-4-6-3-7(9(17)18)8-5-20-2-1-16(6)8/h3H,1-2,4-5H2,(H,15,19)(H,17,18). The van der Waals surface area contributed by atoms with Crippen molar-refractivity contribution in [2.24, 2.45) is 0 Å². The quantitative estimate of drug-likeness (QED) is 0.867. The van der Waals surface area contributed by atoms with E-state index in [9.17, 15) is 22.8 Å². The van der Waals surface area contributed by atoms with Gasteiger partial charge in [0.05, 0.1) is 31.0 Å². The Hall–Kier alpha value is -2.03. The van der Waals surface area contributed by atoms with Gasteiger partial charge in [0.1, 0.15) is 0 Å². The van der Waals surface area contributed by atoms with Crippen molar-refractivity contribution in [1.29, 1.82) is 0 Å². The fourth-order valence-corrected chi connectivity index (χ4v) is 2.01. The van der Waals surface area contributed by atoms with Crippen LogP contribution in [0.15, 0.2) is 6.07 Å². The molecule has 1 aromatic heterocycles. The summed E-state index contributed by atoms with van der Waals surface area (Å²) in [5.74, 6) is -3.25. The van der Waals surface area contributed by atoms with E-state index in [0.717, 1.165) is 0 Å². The molecule has 0 radical (unpaired) electrons. The van der Waals surface area contributed by atoms with Gasteiger partial charge in [-0.1, -0.05) is 0 Å². The second-order valence-corrected chi connectivity index (χ2v) is 4.19. The van der Waals surface area contributed by atoms with E-state index in [1.807, 2.05) is 0 Å². The predicted octanol–water partition coefficient (Wildman–Crippen LogP) is 0.895. The largest absolute Gasteiger partial charge is 0.478 e. The monoisotopic (exact) mass is 292 g/mol. The van der Waals surface area contributed by atoms with Gasteiger partial charge in [-0.25, -0.2) is 4.79 Å². The summed E-state index contributed by atoms with van der Waals surface area (Å²) in [5.41, 5.74) is 0.666. The van der Waals surface area contributed by atoms with Crippen molar-refractivity contribution in [3.63, 3.8) is 0 Å². The van der Waals surface area contributed by atoms with Crippen LogP contribution in [0.2, 0.25) is 0 Å². The van der Waals surface area contributed by atoms with Crippen LogP contribution in [0.4, 0.5) is 13.2 Å². The normalized spacial score (nSPS) is 14.8. The summed E-state index contributed by atoms with van der Waals surface area (Å²) in [6.45, 7) is 0.355. The molecule has 0 saturated carbocycles. The number of aromatic carboxylic acids is 1. The fraction of sp³-hybridized carbons (Fsp3) is 0.455. The Bertz CT molecular complexity index is 551. The number of carbonyl (C=O) groups is 2. The van der Waals surface area contributed by atoms with Crippen molar-refractivity contribution < 1.29 is 32.6 Å². The molecule has 0 aromatic carbocycles. The number of fused-ring (bicyclic) bond motifs is 1. The number of hydrogen-bond donors (Lipinski definition) is 2. The first-order valence-electron chi connectivity index (χ1n) is 5.68. The molecule has 1 amide bonds. The highest BCUT2D eigenvalue weighted by Crippen LogP contribution is 2.21. The highest BCUT2D eigenvalue weighted by Gasteiger charge is 2.38. The van der Waals surface area contributed by atoms with Crippen LogP contribution in [-0.2, 0) is 29.2 Å². The zero-order valence-corrected chi connectivity index (χ0v) is 10.2. The van der Waals surface area contributed by atoms with E-state index in [2.05, 4.69) is 0 Å². The minimum atomic E-state index is -4.96. The Morgan fingerprint density at radius 1 is 1.45 bits per heavy atom. The van der Waals surface area contributed by atoms with Gasteiger partial charge in [0.2, 0.25) is 0 Å². The van der Waals surface area contributed by atoms with Crippen LogP contribution in [0, 0.1) is 0 Å². The molecule has 110 valence electrons. The summed E-state index contributed by atoms with van der Waals surface area (Å²) < 4.78 is 43.0. The average Bonchev–Trinajstić information content (AvgIpc) is 2.74. The number of alkyl halides is 3. The number of nitrogens with zero attached hydrogens (tertiary/aromatic N) is 1. The van der Waals surface area contributed by atoms with Crippen LogP contribution in [0.5, 0.6) is 0 Å². The number of carboxylic acid groups (broad SMARTS) is 1. The molecule has 0 unspecified atom stereocenters. The lowest BCUT2D eigenvalue weighted by Gasteiger charge is -2.19. The van der Waals surface area contributed by atoms with Crippen molar-refractivity contribution in [3.8, 4) is 0 Å². The maximum Gasteiger partial charge on any atom is 0.471 e. The molecule has 6 nitrogen and oxygen atoms in total. The Morgan fingerprint density at radius 3 is 2.75 bits per heavy atom. The van der Waals surface area contributed by atoms with E-state index < -0.39 is 24.6 Å². The molecule has 9 heteroatoms. The van der Waals surface area contributed by atoms with E-state index >= 15 is 0 Å². The summed E-state index contributed by atoms with van der Waals surface area (Å²) in [6, 6.07) is 1.25. The molecule has 2 N–H and O–H groups in total. The first-order chi connectivity index (χ1) is 9.30. The van der Waals surface area contributed by atoms with Gasteiger partial charge < -0.3 is 19.7 Å². The number of carboxylic acids is 1. The molecule has 0 spiro atoms. The van der Waals surface area contributed by atoms with E-state index in [4.69, 9.17) is 9.84 Å². The fourth-order valence-electron chi connectivity index (χ4n) is 2.01. The second-order valence-electron chi connectivity index (χ2n) is 4.19. The minimum absolute atomic E-state index is 0.0269. The molecular formula is C11H11F3N2O4. The zero-order chi connectivity index (χ0) is 14.9. The molecule has 1 aliphatic rings. The van der Waals surface area contributed by atoms with Crippen molar-refractivity contribution in [1.82, 2.24) is 9.88 Å². The van der Waals surface area contributed by atoms with Gasteiger partial charge in [0.25, 0.3) is 0 Å². The Kier molecular flexibility index (Phi) is 3.71. The van der Waals surface area contributed by atoms with Crippen molar-refractivity contribution in [2.75, 3.05) is 6.61 Å². The predicted molar refractivity (Wildman–Crippen MR) is 58.9 cm³/mol. The summed E-state index contributed by atoms with van der Waals surface area (Å²) in [7, 11) is 0. The SMILES string of the molecule is O=C(O)c1cc(CNC(=O)C(F)(F)F)n2c1COCC2. The van der Waals surface area contributed by atoms with Crippen LogP contribution in [0.1, 0.15) is 21.7 Å². The number of aromatic nitrogens is 1. The second kappa shape index (κ2) is 5.16. The van der Waals surface area contributed by atoms with Crippen LogP contribution in [-0.4, -0.2) is 34.3 Å². The van der Waals surface area contributed by atoms with E-state index in [1.54, 1.807) is 9.88 Å². The van der Waals surface area contributed by atoms with Crippen LogP contribution < -0.4 is 5.32 Å². The highest BCUT2D eigenvalue weighted by atomic mass is 19.4. The molecule has 0 aliphatic carbocycles. The summed E-state index contributed by atoms with van der Waals surface area (Å²) >= 11 is 0. The van der Waals surface area contributed by atoms with Gasteiger partial charge in [-0.3, -0.25) is 4.79 Å². The molecule has 2 rings (SSSR count). The lowest BCUT2D eigenvalue weighted by molar-refractivity contribution is -0.173. The van der Waals surface area contributed by atoms with Gasteiger partial charge in [-0.15, -0.1) is 0 Å². The molecule has 1 aliphatic heterocycles. The molecule has 0 atom stereocenters. The smallest absolute Gasteiger partial charge is 0.471 e. The van der Waals surface area contributed by atoms with E-state index in [0.29, 0.717) is 24.5 Å². The summed E-state index contributed by atoms with van der Waals surface area (Å²) in [6.07, 6.45) is -4.96. The Labute approximate surface area is 111 Å². The van der Waals surface area contributed by atoms with Crippen molar-refractivity contribution in [2.45, 2.75) is 25.9 Å². The number of carbonyl (C=O) groups excluding carboxylic acids is 1. The lowest BCUT2D eigenvalue weighted by Crippen LogP contribution is -2.37. The van der Waals surface area contributed by atoms with Crippen molar-refractivity contribution >= 4 is 11.9 Å². The topological polar surface area (TPSA) is 80.6 Å². The third-order valence-electron chi connectivity index (χ3n) is 2.91. The Morgan fingerprint density at radius 2 is 2.15 bits per heavy atom. The number of hydrogen-bond acceptors (Lipinski definition) is 3. The van der Waals surface area contributed by atoms with Crippen molar-refractivity contribution in [3.05, 3.63) is 23.0 Å². The molecule has 0 fully saturated rings. The average molecular weight is 292 g/mol. The maximum absolute atomic E-state index is 12.1. The summed E-state index contributed by atoms with van der Waals surface area (Å²) in [5, 5.41) is 10.7. The Balaban J connectivity index is 2.20. The third-order valence-corrected chi connectivity index (χ3v) is 2.91. The number of halogens is 3. The van der Waals surface area contributed by atoms with Crippen LogP contribution in [0.3, 0.4) is 0 Å². The summed E-state index contributed by atoms with van der Waals surface area (Å²) in [4.78, 5) is 21.8. The van der Waals surface area contributed by atoms with Gasteiger partial charge in [0.15, 0.2) is 0 Å². The number of amides is 1. The molecule has 0 bridgehead atoms. The van der Waals surface area contributed by atoms with Crippen LogP contribution in [0.25, 0.3) is 0 Å². The third kappa shape index (κ3) is 2.77. The first-order valence-corrected chi connectivity index (χ1v) is 5.68. The first kappa shape index (κ1) is 14.4. The van der Waals surface area contributed by atoms with Gasteiger partial charge in [-0.05, 0) is 6.07 Å². The van der Waals surface area contributed by atoms with Gasteiger partial charge in [-0.2, -0.15) is 13.2 Å². The highest BCUT2D eigenvalue weighted by molar-refractivity contribution is 5.89.